The lowest BCUT2D eigenvalue weighted by Gasteiger charge is -1.88. The maximum absolute atomic E-state index is 8.54. The van der Waals surface area contributed by atoms with E-state index in [2.05, 4.69) is 0 Å². The topological polar surface area (TPSA) is 20.2 Å². The largest absolute Gasteiger partial charge is 0.396 e. The monoisotopic (exact) mass is 112 g/mol. The minimum atomic E-state index is 0.409. The number of hydrogen-bond acceptors (Lipinski definition) is 1. The average molecular weight is 112 g/mol. The Morgan fingerprint density at radius 1 is 1.50 bits per heavy atom. The Labute approximate surface area is 49.7 Å². The lowest BCUT2D eigenvalue weighted by molar-refractivity contribution is 0.276. The molecule has 0 aliphatic heterocycles. The van der Waals surface area contributed by atoms with E-state index in [0.29, 0.717) is 6.61 Å². The molecule has 1 unspecified atom stereocenters. The summed E-state index contributed by atoms with van der Waals surface area (Å²) in [6.07, 6.45) is 5.41. The van der Waals surface area contributed by atoms with Gasteiger partial charge in [-0.05, 0) is 37.0 Å². The molecule has 0 aromatic heterocycles. The van der Waals surface area contributed by atoms with E-state index in [0.717, 1.165) is 17.8 Å². The Balaban J connectivity index is 1.80. The van der Waals surface area contributed by atoms with Gasteiger partial charge in [0.15, 0.2) is 0 Å². The highest BCUT2D eigenvalue weighted by molar-refractivity contribution is 5.11. The summed E-state index contributed by atoms with van der Waals surface area (Å²) in [5.74, 6) is 0.924. The molecule has 2 aliphatic rings. The number of rotatable bonds is 2. The molecule has 8 heavy (non-hydrogen) atoms. The summed E-state index contributed by atoms with van der Waals surface area (Å²) in [7, 11) is 0. The molecule has 0 aromatic rings. The molecule has 1 spiro atoms. The van der Waals surface area contributed by atoms with Crippen molar-refractivity contribution in [3.63, 3.8) is 0 Å². The molecule has 46 valence electrons. The van der Waals surface area contributed by atoms with Crippen LogP contribution in [0.25, 0.3) is 0 Å². The van der Waals surface area contributed by atoms with Crippen molar-refractivity contribution in [2.45, 2.75) is 25.7 Å². The maximum atomic E-state index is 8.54. The highest BCUT2D eigenvalue weighted by atomic mass is 16.3. The highest BCUT2D eigenvalue weighted by Crippen LogP contribution is 2.71. The van der Waals surface area contributed by atoms with E-state index in [1.54, 1.807) is 0 Å². The Hall–Kier alpha value is -0.0400. The van der Waals surface area contributed by atoms with Gasteiger partial charge in [0.05, 0.1) is 0 Å². The molecule has 1 atom stereocenters. The van der Waals surface area contributed by atoms with Crippen LogP contribution in [-0.4, -0.2) is 11.7 Å². The van der Waals surface area contributed by atoms with Crippen LogP contribution in [-0.2, 0) is 0 Å². The van der Waals surface area contributed by atoms with Crippen molar-refractivity contribution in [1.82, 2.24) is 0 Å². The first-order valence-electron chi connectivity index (χ1n) is 3.48. The van der Waals surface area contributed by atoms with Crippen LogP contribution in [0.15, 0.2) is 0 Å². The van der Waals surface area contributed by atoms with Crippen molar-refractivity contribution in [2.75, 3.05) is 6.61 Å². The third-order valence-electron chi connectivity index (χ3n) is 2.73. The van der Waals surface area contributed by atoms with Crippen molar-refractivity contribution in [1.29, 1.82) is 0 Å². The molecular formula is C7H12O. The molecule has 0 saturated heterocycles. The van der Waals surface area contributed by atoms with Gasteiger partial charge in [-0.25, -0.2) is 0 Å². The van der Waals surface area contributed by atoms with Crippen LogP contribution in [0.4, 0.5) is 0 Å². The van der Waals surface area contributed by atoms with Crippen molar-refractivity contribution in [2.24, 2.45) is 11.3 Å². The summed E-state index contributed by atoms with van der Waals surface area (Å²) in [6.45, 7) is 0.409. The van der Waals surface area contributed by atoms with Gasteiger partial charge in [-0.15, -0.1) is 0 Å². The van der Waals surface area contributed by atoms with Gasteiger partial charge < -0.3 is 5.11 Å². The van der Waals surface area contributed by atoms with Crippen LogP contribution in [0.2, 0.25) is 0 Å². The quantitative estimate of drug-likeness (QED) is 0.568. The van der Waals surface area contributed by atoms with E-state index < -0.39 is 0 Å². The summed E-state index contributed by atoms with van der Waals surface area (Å²) >= 11 is 0. The summed E-state index contributed by atoms with van der Waals surface area (Å²) in [5.41, 5.74) is 0.808. The second kappa shape index (κ2) is 1.27. The van der Waals surface area contributed by atoms with Crippen LogP contribution >= 0.6 is 0 Å². The van der Waals surface area contributed by atoms with Crippen molar-refractivity contribution in [3.05, 3.63) is 0 Å². The second-order valence-electron chi connectivity index (χ2n) is 3.28. The molecule has 0 radical (unpaired) electrons. The molecule has 2 rings (SSSR count). The molecule has 1 N–H and O–H groups in total. The SMILES string of the molecule is OCCC1CC12CC2. The molecular weight excluding hydrogens is 100 g/mol. The number of aliphatic hydroxyl groups excluding tert-OH is 1. The molecule has 0 bridgehead atoms. The lowest BCUT2D eigenvalue weighted by atomic mass is 10.2. The van der Waals surface area contributed by atoms with Gasteiger partial charge >= 0.3 is 0 Å². The van der Waals surface area contributed by atoms with Gasteiger partial charge in [0.25, 0.3) is 0 Å². The normalized spacial score (nSPS) is 37.9. The number of aliphatic hydroxyl groups is 1. The minimum absolute atomic E-state index is 0.409. The van der Waals surface area contributed by atoms with Crippen LogP contribution in [0.1, 0.15) is 25.7 Å². The van der Waals surface area contributed by atoms with Crippen molar-refractivity contribution in [3.8, 4) is 0 Å². The summed E-state index contributed by atoms with van der Waals surface area (Å²) in [5, 5.41) is 8.54. The molecule has 2 aliphatic carbocycles. The average Bonchev–Trinajstić information content (AvgIpc) is 2.57. The van der Waals surface area contributed by atoms with Crippen molar-refractivity contribution >= 4 is 0 Å². The van der Waals surface area contributed by atoms with Gasteiger partial charge in [-0.3, -0.25) is 0 Å². The zero-order chi connectivity index (χ0) is 5.61. The van der Waals surface area contributed by atoms with Gasteiger partial charge in [0.1, 0.15) is 0 Å². The van der Waals surface area contributed by atoms with Crippen LogP contribution in [0.5, 0.6) is 0 Å². The first-order chi connectivity index (χ1) is 3.87. The second-order valence-corrected chi connectivity index (χ2v) is 3.28. The fourth-order valence-electron chi connectivity index (χ4n) is 1.77. The Morgan fingerprint density at radius 2 is 2.25 bits per heavy atom. The first-order valence-corrected chi connectivity index (χ1v) is 3.48. The molecule has 1 heteroatoms. The standard InChI is InChI=1S/C7H12O/c8-4-1-6-5-7(6)2-3-7/h6,8H,1-5H2. The van der Waals surface area contributed by atoms with E-state index in [-0.39, 0.29) is 0 Å². The first kappa shape index (κ1) is 4.80. The molecule has 2 saturated carbocycles. The summed E-state index contributed by atoms with van der Waals surface area (Å²) in [6, 6.07) is 0. The molecule has 0 aromatic carbocycles. The maximum Gasteiger partial charge on any atom is 0.0433 e. The van der Waals surface area contributed by atoms with Gasteiger partial charge in [0.2, 0.25) is 0 Å². The van der Waals surface area contributed by atoms with Crippen LogP contribution in [0, 0.1) is 11.3 Å². The van der Waals surface area contributed by atoms with Crippen LogP contribution < -0.4 is 0 Å². The molecule has 1 nitrogen and oxygen atoms in total. The molecule has 2 fully saturated rings. The third kappa shape index (κ3) is 0.510. The minimum Gasteiger partial charge on any atom is -0.396 e. The van der Waals surface area contributed by atoms with Crippen LogP contribution in [0.3, 0.4) is 0 Å². The Kier molecular flexibility index (Phi) is 0.762. The predicted octanol–water partition coefficient (Wildman–Crippen LogP) is 1.17. The molecule has 0 amide bonds. The Morgan fingerprint density at radius 3 is 2.62 bits per heavy atom. The zero-order valence-corrected chi connectivity index (χ0v) is 5.06. The van der Waals surface area contributed by atoms with Gasteiger partial charge in [-0.2, -0.15) is 0 Å². The van der Waals surface area contributed by atoms with E-state index >= 15 is 0 Å². The van der Waals surface area contributed by atoms with E-state index in [1.807, 2.05) is 0 Å². The summed E-state index contributed by atoms with van der Waals surface area (Å²) in [4.78, 5) is 0. The number of hydrogen-bond donors (Lipinski definition) is 1. The fourth-order valence-corrected chi connectivity index (χ4v) is 1.77. The summed E-state index contributed by atoms with van der Waals surface area (Å²) < 4.78 is 0. The molecule has 0 heterocycles. The van der Waals surface area contributed by atoms with E-state index in [4.69, 9.17) is 5.11 Å². The fraction of sp³-hybridized carbons (Fsp3) is 1.00. The highest BCUT2D eigenvalue weighted by Gasteiger charge is 2.61. The Bertz CT molecular complexity index is 105. The van der Waals surface area contributed by atoms with E-state index in [9.17, 15) is 0 Å². The van der Waals surface area contributed by atoms with Gasteiger partial charge in [-0.1, -0.05) is 0 Å². The smallest absolute Gasteiger partial charge is 0.0433 e. The predicted molar refractivity (Wildman–Crippen MR) is 31.5 cm³/mol. The van der Waals surface area contributed by atoms with Gasteiger partial charge in [0, 0.05) is 6.61 Å². The third-order valence-corrected chi connectivity index (χ3v) is 2.73. The van der Waals surface area contributed by atoms with Crippen molar-refractivity contribution < 1.29 is 5.11 Å². The zero-order valence-electron chi connectivity index (χ0n) is 5.06. The van der Waals surface area contributed by atoms with E-state index in [1.165, 1.54) is 19.3 Å². The lowest BCUT2D eigenvalue weighted by Crippen LogP contribution is -1.85.